The van der Waals surface area contributed by atoms with Crippen molar-refractivity contribution in [3.63, 3.8) is 0 Å². The molecular formula is C29H62P+. The highest BCUT2D eigenvalue weighted by Crippen LogP contribution is 2.61. The maximum atomic E-state index is 3.68. The summed E-state index contributed by atoms with van der Waals surface area (Å²) >= 11 is 0. The number of rotatable bonds is 22. The van der Waals surface area contributed by atoms with E-state index in [1.54, 1.807) is 24.6 Å². The lowest BCUT2D eigenvalue weighted by Gasteiger charge is -2.28. The molecule has 0 aromatic carbocycles. The summed E-state index contributed by atoms with van der Waals surface area (Å²) in [5.74, 6) is 0. The van der Waals surface area contributed by atoms with Crippen LogP contribution in [0.15, 0.2) is 12.7 Å². The van der Waals surface area contributed by atoms with Crippen LogP contribution in [0.4, 0.5) is 0 Å². The summed E-state index contributed by atoms with van der Waals surface area (Å²) in [5, 5.41) is 0. The third-order valence-corrected chi connectivity index (χ3v) is 11.5. The van der Waals surface area contributed by atoms with E-state index in [1.165, 1.54) is 116 Å². The van der Waals surface area contributed by atoms with Gasteiger partial charge in [-0.3, -0.25) is 0 Å². The van der Waals surface area contributed by atoms with Crippen molar-refractivity contribution in [3.05, 3.63) is 12.7 Å². The molecule has 0 aliphatic heterocycles. The molecule has 1 heteroatoms. The highest BCUT2D eigenvalue weighted by molar-refractivity contribution is 7.75. The summed E-state index contributed by atoms with van der Waals surface area (Å²) in [7, 11) is -0.615. The van der Waals surface area contributed by atoms with Crippen molar-refractivity contribution in [2.45, 2.75) is 150 Å². The Morgan fingerprint density at radius 2 is 0.733 bits per heavy atom. The molecule has 0 radical (unpaired) electrons. The maximum Gasteiger partial charge on any atom is 0.0594 e. The number of hydrogen-bond donors (Lipinski definition) is 0. The van der Waals surface area contributed by atoms with E-state index < -0.39 is 7.26 Å². The zero-order valence-corrected chi connectivity index (χ0v) is 23.2. The standard InChI is InChI=1S/C20H44P.C9H18/c1-5-9-13-17-21(18-14-10-6-2,19-15-11-7-3)20-16-12-8-4;1-3-5-7-9-8-6-4-2/h5-20H2,1-4H3;3H,1,4-9H2,2H3/q+1;. The summed E-state index contributed by atoms with van der Waals surface area (Å²) in [4.78, 5) is 0. The molecule has 0 spiro atoms. The molecule has 0 bridgehead atoms. The topological polar surface area (TPSA) is 0 Å². The smallest absolute Gasteiger partial charge is 0.0594 e. The van der Waals surface area contributed by atoms with Crippen molar-refractivity contribution >= 4 is 7.26 Å². The third kappa shape index (κ3) is 22.8. The Kier molecular flexibility index (Phi) is 29.3. The average molecular weight is 442 g/mol. The molecule has 0 rings (SSSR count). The first kappa shape index (κ1) is 32.4. The maximum absolute atomic E-state index is 3.68. The van der Waals surface area contributed by atoms with Crippen molar-refractivity contribution in [1.82, 2.24) is 0 Å². The fourth-order valence-corrected chi connectivity index (χ4v) is 9.27. The van der Waals surface area contributed by atoms with Crippen LogP contribution in [0.25, 0.3) is 0 Å². The molecule has 0 aromatic rings. The van der Waals surface area contributed by atoms with Crippen molar-refractivity contribution in [1.29, 1.82) is 0 Å². The molecule has 0 heterocycles. The molecule has 0 aliphatic carbocycles. The van der Waals surface area contributed by atoms with Crippen LogP contribution >= 0.6 is 7.26 Å². The van der Waals surface area contributed by atoms with Gasteiger partial charge in [-0.25, -0.2) is 0 Å². The van der Waals surface area contributed by atoms with Gasteiger partial charge in [-0.05, 0) is 38.5 Å². The van der Waals surface area contributed by atoms with Gasteiger partial charge in [-0.1, -0.05) is 118 Å². The zero-order chi connectivity index (χ0) is 22.8. The van der Waals surface area contributed by atoms with E-state index >= 15 is 0 Å². The lowest BCUT2D eigenvalue weighted by Crippen LogP contribution is -2.13. The van der Waals surface area contributed by atoms with Crippen molar-refractivity contribution in [2.75, 3.05) is 24.6 Å². The summed E-state index contributed by atoms with van der Waals surface area (Å²) in [6.45, 7) is 15.3. The first-order chi connectivity index (χ1) is 14.7. The largest absolute Gasteiger partial charge is 0.103 e. The lowest BCUT2D eigenvalue weighted by atomic mass is 10.1. The van der Waals surface area contributed by atoms with Crippen LogP contribution in [-0.2, 0) is 0 Å². The van der Waals surface area contributed by atoms with E-state index in [9.17, 15) is 0 Å². The van der Waals surface area contributed by atoms with Crippen LogP contribution in [0, 0.1) is 0 Å². The van der Waals surface area contributed by atoms with Gasteiger partial charge in [0.1, 0.15) is 0 Å². The predicted octanol–water partition coefficient (Wildman–Crippen LogP) is 11.3. The highest BCUT2D eigenvalue weighted by atomic mass is 31.2. The first-order valence-electron chi connectivity index (χ1n) is 14.1. The fraction of sp³-hybridized carbons (Fsp3) is 0.931. The number of allylic oxidation sites excluding steroid dienone is 1. The second kappa shape index (κ2) is 27.2. The molecule has 0 atom stereocenters. The van der Waals surface area contributed by atoms with E-state index in [0.717, 1.165) is 0 Å². The van der Waals surface area contributed by atoms with E-state index in [2.05, 4.69) is 41.2 Å². The Bertz CT molecular complexity index is 264. The van der Waals surface area contributed by atoms with Crippen molar-refractivity contribution in [3.8, 4) is 0 Å². The van der Waals surface area contributed by atoms with E-state index in [1.807, 2.05) is 6.08 Å². The van der Waals surface area contributed by atoms with E-state index in [4.69, 9.17) is 0 Å². The van der Waals surface area contributed by atoms with E-state index in [-0.39, 0.29) is 0 Å². The Morgan fingerprint density at radius 1 is 0.433 bits per heavy atom. The summed E-state index contributed by atoms with van der Waals surface area (Å²) < 4.78 is 0. The fourth-order valence-electron chi connectivity index (χ4n) is 4.35. The minimum atomic E-state index is -0.615. The van der Waals surface area contributed by atoms with Crippen molar-refractivity contribution < 1.29 is 0 Å². The second-order valence-corrected chi connectivity index (χ2v) is 14.0. The Hall–Kier alpha value is 0.170. The number of hydrogen-bond acceptors (Lipinski definition) is 0. The van der Waals surface area contributed by atoms with Gasteiger partial charge in [0, 0.05) is 7.26 Å². The molecule has 0 fully saturated rings. The van der Waals surface area contributed by atoms with Gasteiger partial charge < -0.3 is 0 Å². The quantitative estimate of drug-likeness (QED) is 0.0889. The van der Waals surface area contributed by atoms with Crippen LogP contribution in [0.2, 0.25) is 0 Å². The minimum Gasteiger partial charge on any atom is -0.103 e. The predicted molar refractivity (Wildman–Crippen MR) is 148 cm³/mol. The molecule has 0 aliphatic rings. The first-order valence-corrected chi connectivity index (χ1v) is 16.6. The highest BCUT2D eigenvalue weighted by Gasteiger charge is 2.34. The van der Waals surface area contributed by atoms with Crippen LogP contribution in [0.5, 0.6) is 0 Å². The molecule has 182 valence electrons. The molecule has 0 saturated carbocycles. The summed E-state index contributed by atoms with van der Waals surface area (Å²) in [5.41, 5.74) is 0. The monoisotopic (exact) mass is 441 g/mol. The SMILES string of the molecule is C=CCCCCCCC.CCCCC[P+](CCCCC)(CCCCC)CCCCC. The van der Waals surface area contributed by atoms with Gasteiger partial charge in [0.05, 0.1) is 24.6 Å². The van der Waals surface area contributed by atoms with Crippen LogP contribution in [-0.4, -0.2) is 24.6 Å². The van der Waals surface area contributed by atoms with Gasteiger partial charge >= 0.3 is 0 Å². The van der Waals surface area contributed by atoms with Gasteiger partial charge in [0.2, 0.25) is 0 Å². The molecule has 30 heavy (non-hydrogen) atoms. The van der Waals surface area contributed by atoms with Gasteiger partial charge in [0.25, 0.3) is 0 Å². The average Bonchev–Trinajstić information content (AvgIpc) is 2.75. The van der Waals surface area contributed by atoms with Gasteiger partial charge in [-0.2, -0.15) is 0 Å². The minimum absolute atomic E-state index is 0.615. The molecule has 0 amide bonds. The van der Waals surface area contributed by atoms with Crippen LogP contribution in [0.1, 0.15) is 150 Å². The zero-order valence-electron chi connectivity index (χ0n) is 22.3. The Labute approximate surface area is 194 Å². The lowest BCUT2D eigenvalue weighted by molar-refractivity contribution is 0.638. The molecular weight excluding hydrogens is 379 g/mol. The Balaban J connectivity index is 0. The third-order valence-electron chi connectivity index (χ3n) is 6.46. The molecule has 0 unspecified atom stereocenters. The number of unbranched alkanes of at least 4 members (excludes halogenated alkanes) is 13. The van der Waals surface area contributed by atoms with Crippen LogP contribution in [0.3, 0.4) is 0 Å². The summed E-state index contributed by atoms with van der Waals surface area (Å²) in [6.07, 6.45) is 34.1. The molecule has 0 N–H and O–H groups in total. The molecule has 0 nitrogen and oxygen atoms in total. The molecule has 0 aromatic heterocycles. The normalized spacial score (nSPS) is 11.2. The van der Waals surface area contributed by atoms with Gasteiger partial charge in [0.15, 0.2) is 0 Å². The molecule has 0 saturated heterocycles. The van der Waals surface area contributed by atoms with Crippen molar-refractivity contribution in [2.24, 2.45) is 0 Å². The Morgan fingerprint density at radius 3 is 1.03 bits per heavy atom. The second-order valence-electron chi connectivity index (χ2n) is 9.56. The van der Waals surface area contributed by atoms with E-state index in [0.29, 0.717) is 0 Å². The summed E-state index contributed by atoms with van der Waals surface area (Å²) in [6, 6.07) is 0. The van der Waals surface area contributed by atoms with Gasteiger partial charge in [-0.15, -0.1) is 6.58 Å². The van der Waals surface area contributed by atoms with Crippen LogP contribution < -0.4 is 0 Å².